The molecular formula is C8H15BrO2Zn. The molecule has 0 heterocycles. The number of halogens is 1. The number of esters is 1. The molecule has 0 amide bonds. The first kappa shape index (κ1) is 15.1. The number of rotatable bonds is 2. The van der Waals surface area contributed by atoms with E-state index >= 15 is 0 Å². The maximum absolute atomic E-state index is 10.8. The summed E-state index contributed by atoms with van der Waals surface area (Å²) in [5.74, 6) is -0.164. The Hall–Kier alpha value is 0.573. The Kier molecular flexibility index (Phi) is 10.3. The molecule has 0 saturated heterocycles. The molecule has 2 nitrogen and oxygen atoms in total. The molecule has 0 saturated carbocycles. The minimum absolute atomic E-state index is 0.164. The summed E-state index contributed by atoms with van der Waals surface area (Å²) >= 11 is 4.25. The van der Waals surface area contributed by atoms with E-state index in [0.29, 0.717) is 12.8 Å². The number of hydrogen-bond donors (Lipinski definition) is 0. The van der Waals surface area contributed by atoms with Crippen LogP contribution in [-0.2, 0) is 25.9 Å². The van der Waals surface area contributed by atoms with E-state index in [1.165, 1.54) is 16.3 Å². The van der Waals surface area contributed by atoms with Crippen LogP contribution in [0.4, 0.5) is 0 Å². The molecule has 0 aromatic heterocycles. The van der Waals surface area contributed by atoms with Gasteiger partial charge in [-0.25, -0.2) is 0 Å². The van der Waals surface area contributed by atoms with Gasteiger partial charge in [-0.15, -0.1) is 0 Å². The zero-order valence-electron chi connectivity index (χ0n) is 8.02. The van der Waals surface area contributed by atoms with E-state index in [-0.39, 0.29) is 11.6 Å². The first-order chi connectivity index (χ1) is 5.45. The third-order valence-corrected chi connectivity index (χ3v) is 0.801. The van der Waals surface area contributed by atoms with Gasteiger partial charge < -0.3 is 11.7 Å². The molecule has 12 heavy (non-hydrogen) atoms. The molecule has 0 radical (unpaired) electrons. The Morgan fingerprint density at radius 2 is 1.92 bits per heavy atom. The molecule has 0 N–H and O–H groups in total. The van der Waals surface area contributed by atoms with Crippen molar-refractivity contribution in [2.45, 2.75) is 39.2 Å². The molecular weight excluding hydrogens is 273 g/mol. The van der Waals surface area contributed by atoms with Gasteiger partial charge in [-0.1, -0.05) is 0 Å². The Bertz CT molecular complexity index is 121. The van der Waals surface area contributed by atoms with Gasteiger partial charge in [-0.05, 0) is 20.8 Å². The third kappa shape index (κ3) is 13.2. The molecule has 0 fully saturated rings. The van der Waals surface area contributed by atoms with Crippen molar-refractivity contribution < 1.29 is 25.9 Å². The third-order valence-electron chi connectivity index (χ3n) is 0.801. The van der Waals surface area contributed by atoms with Gasteiger partial charge in [-0.2, -0.15) is 6.42 Å². The van der Waals surface area contributed by atoms with Crippen molar-refractivity contribution in [3.63, 3.8) is 0 Å². The fourth-order valence-electron chi connectivity index (χ4n) is 0.537. The summed E-state index contributed by atoms with van der Waals surface area (Å²) in [5, 5.41) is 0. The monoisotopic (exact) mass is 286 g/mol. The van der Waals surface area contributed by atoms with Gasteiger partial charge in [0, 0.05) is 6.42 Å². The fraction of sp³-hybridized carbons (Fsp3) is 0.750. The Balaban J connectivity index is 0. The van der Waals surface area contributed by atoms with Gasteiger partial charge in [0.25, 0.3) is 0 Å². The molecule has 0 aliphatic heterocycles. The summed E-state index contributed by atoms with van der Waals surface area (Å²) < 4.78 is 5.00. The van der Waals surface area contributed by atoms with E-state index in [0.717, 1.165) is 0 Å². The summed E-state index contributed by atoms with van der Waals surface area (Å²) in [4.78, 5) is 10.8. The van der Waals surface area contributed by atoms with Crippen LogP contribution in [-0.4, -0.2) is 11.6 Å². The first-order valence-electron chi connectivity index (χ1n) is 3.73. The van der Waals surface area contributed by atoms with E-state index in [1.807, 2.05) is 20.8 Å². The molecule has 4 heteroatoms. The normalized spacial score (nSPS) is 9.92. The molecule has 0 spiro atoms. The van der Waals surface area contributed by atoms with Crippen LogP contribution in [0.5, 0.6) is 0 Å². The Morgan fingerprint density at radius 3 is 2.17 bits per heavy atom. The molecule has 0 rings (SSSR count). The summed E-state index contributed by atoms with van der Waals surface area (Å²) in [6.45, 7) is 9.12. The topological polar surface area (TPSA) is 26.3 Å². The second kappa shape index (κ2) is 8.18. The molecule has 0 bridgehead atoms. The molecule has 0 aromatic rings. The zero-order chi connectivity index (χ0) is 10.2. The number of carbonyl (C=O) groups is 1. The van der Waals surface area contributed by atoms with Crippen molar-refractivity contribution in [3.05, 3.63) is 6.92 Å². The van der Waals surface area contributed by atoms with Crippen molar-refractivity contribution in [1.29, 1.82) is 0 Å². The van der Waals surface area contributed by atoms with Crippen LogP contribution in [0, 0.1) is 6.92 Å². The van der Waals surface area contributed by atoms with Crippen LogP contribution < -0.4 is 0 Å². The molecule has 0 aliphatic rings. The van der Waals surface area contributed by atoms with Crippen LogP contribution >= 0.6 is 13.6 Å². The van der Waals surface area contributed by atoms with Crippen LogP contribution in [0.25, 0.3) is 0 Å². The summed E-state index contributed by atoms with van der Waals surface area (Å²) in [6, 6.07) is 0. The minimum atomic E-state index is -0.355. The van der Waals surface area contributed by atoms with Crippen LogP contribution in [0.2, 0.25) is 0 Å². The van der Waals surface area contributed by atoms with Gasteiger partial charge in [-0.3, -0.25) is 4.79 Å². The zero-order valence-corrected chi connectivity index (χ0v) is 12.6. The van der Waals surface area contributed by atoms with Crippen molar-refractivity contribution in [2.75, 3.05) is 0 Å². The van der Waals surface area contributed by atoms with E-state index in [4.69, 9.17) is 4.74 Å². The van der Waals surface area contributed by atoms with E-state index in [1.54, 1.807) is 0 Å². The van der Waals surface area contributed by atoms with Crippen LogP contribution in [0.15, 0.2) is 0 Å². The van der Waals surface area contributed by atoms with Gasteiger partial charge in [0.15, 0.2) is 0 Å². The Morgan fingerprint density at radius 1 is 1.50 bits per heavy atom. The maximum atomic E-state index is 10.8. The number of carbonyl (C=O) groups excluding carboxylic acids is 1. The van der Waals surface area contributed by atoms with Crippen molar-refractivity contribution >= 4 is 19.6 Å². The number of hydrogen-bond acceptors (Lipinski definition) is 2. The van der Waals surface area contributed by atoms with Gasteiger partial charge in [0.2, 0.25) is 0 Å². The van der Waals surface area contributed by atoms with E-state index in [9.17, 15) is 4.79 Å². The van der Waals surface area contributed by atoms with Gasteiger partial charge in [0.05, 0.1) is 0 Å². The molecule has 0 unspecified atom stereocenters. The quantitative estimate of drug-likeness (QED) is 0.444. The fourth-order valence-corrected chi connectivity index (χ4v) is 0.537. The summed E-state index contributed by atoms with van der Waals surface area (Å²) in [5.41, 5.74) is -0.355. The van der Waals surface area contributed by atoms with Gasteiger partial charge in [0.1, 0.15) is 5.60 Å². The second-order valence-electron chi connectivity index (χ2n) is 3.19. The predicted molar refractivity (Wildman–Crippen MR) is 49.4 cm³/mol. The van der Waals surface area contributed by atoms with Gasteiger partial charge >= 0.3 is 35.9 Å². The summed E-state index contributed by atoms with van der Waals surface area (Å²) in [6.07, 6.45) is 1.02. The van der Waals surface area contributed by atoms with E-state index < -0.39 is 0 Å². The molecule has 68 valence electrons. The average molecular weight is 288 g/mol. The van der Waals surface area contributed by atoms with E-state index in [2.05, 4.69) is 20.5 Å². The Labute approximate surface area is 91.5 Å². The molecule has 0 aromatic carbocycles. The SMILES string of the molecule is [CH2-]CCC(=O)OC(C)(C)C.[Zn+][Br]. The molecule has 0 aliphatic carbocycles. The van der Waals surface area contributed by atoms with Crippen molar-refractivity contribution in [3.8, 4) is 0 Å². The molecule has 0 atom stereocenters. The van der Waals surface area contributed by atoms with Crippen LogP contribution in [0.1, 0.15) is 33.6 Å². The van der Waals surface area contributed by atoms with Crippen LogP contribution in [0.3, 0.4) is 0 Å². The summed E-state index contributed by atoms with van der Waals surface area (Å²) in [7, 11) is 0. The second-order valence-corrected chi connectivity index (χ2v) is 3.19. The van der Waals surface area contributed by atoms with Crippen molar-refractivity contribution in [1.82, 2.24) is 0 Å². The average Bonchev–Trinajstić information content (AvgIpc) is 1.88. The standard InChI is InChI=1S/C8H15O2.BrH.Zn/c1-5-6-7(9)10-8(2,3)4;;/h1,5-6H2,2-4H3;1H;/q-1;;+2/p-1. The predicted octanol–water partition coefficient (Wildman–Crippen LogP) is 2.79. The van der Waals surface area contributed by atoms with Crippen molar-refractivity contribution in [2.24, 2.45) is 0 Å². The first-order valence-corrected chi connectivity index (χ1v) is 10.7. The number of ether oxygens (including phenoxy) is 1.